The first-order chi connectivity index (χ1) is 14.3. The van der Waals surface area contributed by atoms with Gasteiger partial charge in [0.25, 0.3) is 15.9 Å². The second kappa shape index (κ2) is 8.06. The summed E-state index contributed by atoms with van der Waals surface area (Å²) < 4.78 is 34.5. The Hall–Kier alpha value is -2.94. The molecule has 0 saturated carbocycles. The molecule has 2 aromatic carbocycles. The SMILES string of the molecule is Cc1ccc(-c2onc(-c3ccccc3)c2S(=O)(=O)NC(=O)c2ccc(Cl)s2)cc1. The number of aromatic nitrogens is 1. The van der Waals surface area contributed by atoms with Crippen LogP contribution in [-0.2, 0) is 10.0 Å². The molecule has 1 amide bonds. The van der Waals surface area contributed by atoms with Gasteiger partial charge in [-0.2, -0.15) is 0 Å². The minimum Gasteiger partial charge on any atom is -0.354 e. The van der Waals surface area contributed by atoms with Crippen molar-refractivity contribution >= 4 is 38.9 Å². The summed E-state index contributed by atoms with van der Waals surface area (Å²) in [5.74, 6) is -0.722. The van der Waals surface area contributed by atoms with Gasteiger partial charge >= 0.3 is 0 Å². The first-order valence-electron chi connectivity index (χ1n) is 8.80. The van der Waals surface area contributed by atoms with Gasteiger partial charge in [0.1, 0.15) is 5.69 Å². The molecule has 2 heterocycles. The largest absolute Gasteiger partial charge is 0.354 e. The van der Waals surface area contributed by atoms with Crippen molar-refractivity contribution in [3.63, 3.8) is 0 Å². The average molecular weight is 459 g/mol. The second-order valence-electron chi connectivity index (χ2n) is 6.46. The van der Waals surface area contributed by atoms with E-state index in [-0.39, 0.29) is 21.2 Å². The Kier molecular flexibility index (Phi) is 5.46. The highest BCUT2D eigenvalue weighted by molar-refractivity contribution is 7.90. The number of halogens is 1. The quantitative estimate of drug-likeness (QED) is 0.446. The average Bonchev–Trinajstić information content (AvgIpc) is 3.36. The molecule has 0 radical (unpaired) electrons. The third-order valence-electron chi connectivity index (χ3n) is 4.30. The van der Waals surface area contributed by atoms with Crippen LogP contribution in [0.4, 0.5) is 0 Å². The number of hydrogen-bond donors (Lipinski definition) is 1. The second-order valence-corrected chi connectivity index (χ2v) is 9.79. The van der Waals surface area contributed by atoms with Crippen molar-refractivity contribution in [2.45, 2.75) is 11.8 Å². The van der Waals surface area contributed by atoms with E-state index in [0.717, 1.165) is 16.9 Å². The molecule has 4 aromatic rings. The summed E-state index contributed by atoms with van der Waals surface area (Å²) in [6.07, 6.45) is 0. The Morgan fingerprint density at radius 2 is 1.70 bits per heavy atom. The number of carbonyl (C=O) groups excluding carboxylic acids is 1. The van der Waals surface area contributed by atoms with Crippen molar-refractivity contribution in [1.82, 2.24) is 9.88 Å². The lowest BCUT2D eigenvalue weighted by Crippen LogP contribution is -2.30. The van der Waals surface area contributed by atoms with E-state index >= 15 is 0 Å². The predicted molar refractivity (Wildman–Crippen MR) is 116 cm³/mol. The third kappa shape index (κ3) is 4.02. The molecule has 4 rings (SSSR count). The fourth-order valence-electron chi connectivity index (χ4n) is 2.86. The minimum atomic E-state index is -4.31. The van der Waals surface area contributed by atoms with Gasteiger partial charge in [-0.15, -0.1) is 11.3 Å². The molecule has 2 aromatic heterocycles. The number of benzene rings is 2. The molecule has 0 bridgehead atoms. The highest BCUT2D eigenvalue weighted by Crippen LogP contribution is 2.36. The topological polar surface area (TPSA) is 89.3 Å². The molecule has 0 saturated heterocycles. The van der Waals surface area contributed by atoms with Crippen LogP contribution < -0.4 is 4.72 Å². The zero-order valence-electron chi connectivity index (χ0n) is 15.6. The van der Waals surface area contributed by atoms with Crippen molar-refractivity contribution in [3.8, 4) is 22.6 Å². The molecule has 0 spiro atoms. The molecule has 9 heteroatoms. The van der Waals surface area contributed by atoms with Gasteiger partial charge in [0, 0.05) is 11.1 Å². The van der Waals surface area contributed by atoms with Crippen molar-refractivity contribution < 1.29 is 17.7 Å². The van der Waals surface area contributed by atoms with Crippen molar-refractivity contribution in [1.29, 1.82) is 0 Å². The molecule has 0 aliphatic heterocycles. The van der Waals surface area contributed by atoms with E-state index < -0.39 is 15.9 Å². The Balaban J connectivity index is 1.84. The number of aryl methyl sites for hydroxylation is 1. The zero-order chi connectivity index (χ0) is 21.3. The molecule has 0 fully saturated rings. The van der Waals surface area contributed by atoms with Gasteiger partial charge in [-0.1, -0.05) is 76.9 Å². The van der Waals surface area contributed by atoms with Crippen LogP contribution in [0.25, 0.3) is 22.6 Å². The van der Waals surface area contributed by atoms with Crippen LogP contribution in [0.3, 0.4) is 0 Å². The Morgan fingerprint density at radius 3 is 2.33 bits per heavy atom. The highest BCUT2D eigenvalue weighted by Gasteiger charge is 2.32. The summed E-state index contributed by atoms with van der Waals surface area (Å²) in [5.41, 5.74) is 2.21. The fourth-order valence-corrected chi connectivity index (χ4v) is 5.13. The fraction of sp³-hybridized carbons (Fsp3) is 0.0476. The molecule has 6 nitrogen and oxygen atoms in total. The maximum absolute atomic E-state index is 13.3. The summed E-state index contributed by atoms with van der Waals surface area (Å²) >= 11 is 6.85. The molecular weight excluding hydrogens is 444 g/mol. The highest BCUT2D eigenvalue weighted by atomic mass is 35.5. The number of nitrogens with one attached hydrogen (secondary N) is 1. The number of rotatable bonds is 5. The van der Waals surface area contributed by atoms with E-state index in [1.54, 1.807) is 42.5 Å². The van der Waals surface area contributed by atoms with Crippen molar-refractivity contribution in [3.05, 3.63) is 81.5 Å². The Morgan fingerprint density at radius 1 is 1.00 bits per heavy atom. The normalized spacial score (nSPS) is 11.4. The third-order valence-corrected chi connectivity index (χ3v) is 6.90. The maximum atomic E-state index is 13.3. The van der Waals surface area contributed by atoms with Crippen LogP contribution >= 0.6 is 22.9 Å². The molecule has 0 atom stereocenters. The van der Waals surface area contributed by atoms with Gasteiger partial charge < -0.3 is 4.52 Å². The van der Waals surface area contributed by atoms with E-state index in [9.17, 15) is 13.2 Å². The smallest absolute Gasteiger partial charge is 0.275 e. The summed E-state index contributed by atoms with van der Waals surface area (Å²) in [6.45, 7) is 1.92. The Labute approximate surface area is 182 Å². The lowest BCUT2D eigenvalue weighted by atomic mass is 10.1. The summed E-state index contributed by atoms with van der Waals surface area (Å²) in [4.78, 5) is 12.5. The number of sulfonamides is 1. The van der Waals surface area contributed by atoms with Gasteiger partial charge in [-0.3, -0.25) is 4.79 Å². The number of thiophene rings is 1. The number of nitrogens with zero attached hydrogens (tertiary/aromatic N) is 1. The molecule has 152 valence electrons. The number of carbonyl (C=O) groups is 1. The van der Waals surface area contributed by atoms with Gasteiger partial charge in [0.15, 0.2) is 10.7 Å². The van der Waals surface area contributed by atoms with Crippen molar-refractivity contribution in [2.24, 2.45) is 0 Å². The van der Waals surface area contributed by atoms with Crippen LogP contribution in [-0.4, -0.2) is 19.5 Å². The van der Waals surface area contributed by atoms with Crippen LogP contribution in [0.15, 0.2) is 76.1 Å². The van der Waals surface area contributed by atoms with Gasteiger partial charge in [0.05, 0.1) is 9.21 Å². The molecule has 1 N–H and O–H groups in total. The van der Waals surface area contributed by atoms with Crippen LogP contribution in [0.5, 0.6) is 0 Å². The first-order valence-corrected chi connectivity index (χ1v) is 11.5. The zero-order valence-corrected chi connectivity index (χ0v) is 18.0. The van der Waals surface area contributed by atoms with Crippen LogP contribution in [0.2, 0.25) is 4.34 Å². The molecule has 0 aliphatic carbocycles. The molecule has 0 unspecified atom stereocenters. The number of amides is 1. The van der Waals surface area contributed by atoms with Gasteiger partial charge in [-0.25, -0.2) is 13.1 Å². The molecule has 0 aliphatic rings. The van der Waals surface area contributed by atoms with Crippen molar-refractivity contribution in [2.75, 3.05) is 0 Å². The van der Waals surface area contributed by atoms with E-state index in [0.29, 0.717) is 15.5 Å². The molecular formula is C21H15ClN2O4S2. The predicted octanol–water partition coefficient (Wildman–Crippen LogP) is 5.15. The summed E-state index contributed by atoms with van der Waals surface area (Å²) in [6, 6.07) is 18.9. The van der Waals surface area contributed by atoms with E-state index in [1.165, 1.54) is 12.1 Å². The van der Waals surface area contributed by atoms with Crippen LogP contribution in [0.1, 0.15) is 15.2 Å². The monoisotopic (exact) mass is 458 g/mol. The standard InChI is InChI=1S/C21H15ClN2O4S2/c1-13-7-9-15(10-8-13)19-20(18(23-28-19)14-5-3-2-4-6-14)30(26,27)24-21(25)16-11-12-17(22)29-16/h2-12H,1H3,(H,24,25). The lowest BCUT2D eigenvalue weighted by molar-refractivity contribution is 0.0985. The Bertz CT molecular complexity index is 1310. The summed E-state index contributed by atoms with van der Waals surface area (Å²) in [5, 5.41) is 4.01. The number of hydrogen-bond acceptors (Lipinski definition) is 6. The lowest BCUT2D eigenvalue weighted by Gasteiger charge is -2.08. The van der Waals surface area contributed by atoms with Gasteiger partial charge in [0.2, 0.25) is 0 Å². The van der Waals surface area contributed by atoms with Gasteiger partial charge in [-0.05, 0) is 19.1 Å². The molecule has 30 heavy (non-hydrogen) atoms. The first kappa shape index (κ1) is 20.3. The summed E-state index contributed by atoms with van der Waals surface area (Å²) in [7, 11) is -4.31. The van der Waals surface area contributed by atoms with E-state index in [4.69, 9.17) is 16.1 Å². The minimum absolute atomic E-state index is 0.0540. The maximum Gasteiger partial charge on any atom is 0.275 e. The van der Waals surface area contributed by atoms with Crippen LogP contribution in [0, 0.1) is 6.92 Å². The van der Waals surface area contributed by atoms with E-state index in [1.807, 2.05) is 19.1 Å². The van der Waals surface area contributed by atoms with E-state index in [2.05, 4.69) is 9.88 Å².